The van der Waals surface area contributed by atoms with E-state index >= 15 is 0 Å². The fraction of sp³-hybridized carbons (Fsp3) is 0.796. The molecule has 1 aromatic heterocycles. The molecule has 0 saturated carbocycles. The number of hydrogen-bond acceptors (Lipinski definition) is 18. The maximum atomic E-state index is 14.3. The summed E-state index contributed by atoms with van der Waals surface area (Å²) >= 11 is 0. The fourth-order valence-corrected chi connectivity index (χ4v) is 11.4. The first-order valence-corrected chi connectivity index (χ1v) is 31.3. The summed E-state index contributed by atoms with van der Waals surface area (Å²) < 4.78 is 59.0. The first-order valence-electron chi connectivity index (χ1n) is 28.3. The number of unbranched alkanes of at least 4 members (excludes halogenated alkanes) is 17. The summed E-state index contributed by atoms with van der Waals surface area (Å²) in [4.78, 5) is 78.6. The molecular formula is C54H93N3O18P2. The van der Waals surface area contributed by atoms with Crippen molar-refractivity contribution in [3.63, 3.8) is 0 Å². The number of aliphatic hydroxyl groups excluding tert-OH is 4. The van der Waals surface area contributed by atoms with Crippen LogP contribution in [0.4, 0.5) is 5.82 Å². The number of phosphoric ester groups is 2. The van der Waals surface area contributed by atoms with Crippen molar-refractivity contribution in [2.24, 2.45) is 17.8 Å². The van der Waals surface area contributed by atoms with E-state index in [1.54, 1.807) is 12.2 Å². The molecule has 2 aliphatic rings. The zero-order valence-electron chi connectivity index (χ0n) is 45.9. The third kappa shape index (κ3) is 28.7. The Hall–Kier alpha value is -3.17. The minimum Gasteiger partial charge on any atom is -0.462 e. The van der Waals surface area contributed by atoms with Gasteiger partial charge in [0.25, 0.3) is 0 Å². The number of fused-ring (bicyclic) bond motifs is 3. The Morgan fingerprint density at radius 3 is 2.00 bits per heavy atom. The van der Waals surface area contributed by atoms with Crippen LogP contribution in [0.25, 0.3) is 0 Å². The van der Waals surface area contributed by atoms with Gasteiger partial charge >= 0.3 is 33.3 Å². The number of esters is 2. The minimum atomic E-state index is -5.73. The number of nitrogen functional groups attached to an aromatic ring is 1. The molecule has 1 fully saturated rings. The highest BCUT2D eigenvalue weighted by molar-refractivity contribution is 7.61. The summed E-state index contributed by atoms with van der Waals surface area (Å²) in [6, 6.07) is 1.22. The van der Waals surface area contributed by atoms with Crippen molar-refractivity contribution in [1.29, 1.82) is 0 Å². The highest BCUT2D eigenvalue weighted by Crippen LogP contribution is 2.60. The van der Waals surface area contributed by atoms with Gasteiger partial charge in [-0.05, 0) is 44.1 Å². The molecular weight excluding hydrogens is 1040 g/mol. The molecule has 21 nitrogen and oxygen atoms in total. The lowest BCUT2D eigenvalue weighted by molar-refractivity contribution is -0.183. The van der Waals surface area contributed by atoms with Crippen molar-refractivity contribution < 1.29 is 81.3 Å². The molecule has 0 aliphatic carbocycles. The summed E-state index contributed by atoms with van der Waals surface area (Å²) in [5, 5.41) is 45.6. The number of aromatic nitrogens is 2. The number of ketones is 1. The maximum Gasteiger partial charge on any atom is 0.481 e. The molecule has 1 aromatic rings. The van der Waals surface area contributed by atoms with E-state index in [2.05, 4.69) is 23.1 Å². The Bertz CT molecular complexity index is 2070. The molecule has 11 atom stereocenters. The van der Waals surface area contributed by atoms with Crippen LogP contribution in [0, 0.1) is 17.8 Å². The van der Waals surface area contributed by atoms with Crippen LogP contribution >= 0.6 is 15.6 Å². The number of anilines is 1. The molecule has 77 heavy (non-hydrogen) atoms. The van der Waals surface area contributed by atoms with Crippen LogP contribution in [0.3, 0.4) is 0 Å². The summed E-state index contributed by atoms with van der Waals surface area (Å²) in [6.45, 7) is 3.79. The molecule has 442 valence electrons. The molecule has 23 heteroatoms. The maximum absolute atomic E-state index is 14.3. The van der Waals surface area contributed by atoms with Gasteiger partial charge in [0.05, 0.1) is 37.4 Å². The van der Waals surface area contributed by atoms with Gasteiger partial charge in [0, 0.05) is 31.4 Å². The van der Waals surface area contributed by atoms with Crippen LogP contribution in [-0.4, -0.2) is 114 Å². The van der Waals surface area contributed by atoms with E-state index in [-0.39, 0.29) is 37.9 Å². The Balaban J connectivity index is 1.70. The van der Waals surface area contributed by atoms with Gasteiger partial charge in [0.1, 0.15) is 36.6 Å². The average molecular weight is 1130 g/mol. The second-order valence-electron chi connectivity index (χ2n) is 21.1. The van der Waals surface area contributed by atoms with Crippen molar-refractivity contribution >= 4 is 39.2 Å². The molecule has 0 spiro atoms. The van der Waals surface area contributed by atoms with Crippen molar-refractivity contribution in [3.05, 3.63) is 47.1 Å². The molecule has 2 aliphatic heterocycles. The Kier molecular flexibility index (Phi) is 33.3. The lowest BCUT2D eigenvalue weighted by Crippen LogP contribution is -2.51. The zero-order chi connectivity index (χ0) is 56.6. The largest absolute Gasteiger partial charge is 0.481 e. The van der Waals surface area contributed by atoms with Crippen molar-refractivity contribution in [2.75, 3.05) is 25.6 Å². The number of phosphoric acid groups is 2. The number of carbonyl (C=O) groups excluding carboxylic acids is 3. The van der Waals surface area contributed by atoms with Gasteiger partial charge in [-0.3, -0.25) is 28.0 Å². The number of carbonyl (C=O) groups is 3. The highest BCUT2D eigenvalue weighted by Gasteiger charge is 2.45. The smallest absolute Gasteiger partial charge is 0.462 e. The Morgan fingerprint density at radius 2 is 1.40 bits per heavy atom. The predicted octanol–water partition coefficient (Wildman–Crippen LogP) is 9.01. The van der Waals surface area contributed by atoms with E-state index in [0.717, 1.165) is 55.2 Å². The van der Waals surface area contributed by atoms with Crippen LogP contribution in [0.5, 0.6) is 0 Å². The third-order valence-corrected chi connectivity index (χ3v) is 16.4. The lowest BCUT2D eigenvalue weighted by Gasteiger charge is -2.38. The van der Waals surface area contributed by atoms with E-state index in [9.17, 15) is 58.5 Å². The number of cyclic esters (lactones) is 1. The Labute approximate surface area is 455 Å². The van der Waals surface area contributed by atoms with Crippen molar-refractivity contribution in [2.45, 2.75) is 237 Å². The molecule has 0 aromatic carbocycles. The second-order valence-corrected chi connectivity index (χ2v) is 24.1. The van der Waals surface area contributed by atoms with Crippen LogP contribution in [0.2, 0.25) is 0 Å². The molecule has 3 heterocycles. The summed E-state index contributed by atoms with van der Waals surface area (Å²) in [6.07, 6.45) is 17.0. The third-order valence-electron chi connectivity index (χ3n) is 13.8. The van der Waals surface area contributed by atoms with Crippen LogP contribution in [0.15, 0.2) is 41.4 Å². The van der Waals surface area contributed by atoms with Gasteiger partial charge in [0.15, 0.2) is 6.10 Å². The quantitative estimate of drug-likeness (QED) is 0.0187. The normalized spacial score (nSPS) is 28.7. The number of nitrogens with zero attached hydrogens (tertiary/aromatic N) is 2. The zero-order valence-corrected chi connectivity index (χ0v) is 47.7. The van der Waals surface area contributed by atoms with Gasteiger partial charge in [-0.15, -0.1) is 0 Å². The number of aliphatic hydroxyl groups is 4. The van der Waals surface area contributed by atoms with Gasteiger partial charge in [0.2, 0.25) is 0 Å². The summed E-state index contributed by atoms with van der Waals surface area (Å²) in [5.41, 5.74) is 4.73. The summed E-state index contributed by atoms with van der Waals surface area (Å²) in [5.74, 6) is -4.34. The topological polar surface area (TPSA) is 323 Å². The van der Waals surface area contributed by atoms with Gasteiger partial charge in [-0.1, -0.05) is 167 Å². The number of ether oxygens (including phenoxy) is 3. The van der Waals surface area contributed by atoms with Crippen LogP contribution in [-0.2, 0) is 51.1 Å². The second kappa shape index (κ2) is 37.7. The number of allylic oxidation sites excluding steroid dienone is 2. The van der Waals surface area contributed by atoms with Crippen LogP contribution < -0.4 is 11.4 Å². The van der Waals surface area contributed by atoms with Crippen LogP contribution in [0.1, 0.15) is 200 Å². The van der Waals surface area contributed by atoms with E-state index in [0.29, 0.717) is 19.3 Å². The summed E-state index contributed by atoms with van der Waals surface area (Å²) in [7, 11) is -11.3. The number of nitrogens with two attached hydrogens (primary N) is 1. The van der Waals surface area contributed by atoms with Crippen molar-refractivity contribution in [3.8, 4) is 0 Å². The number of hydrogen-bond donors (Lipinski definition) is 7. The molecule has 8 N–H and O–H groups in total. The molecule has 1 saturated heterocycles. The first kappa shape index (κ1) is 68.1. The molecule has 2 unspecified atom stereocenters. The predicted molar refractivity (Wildman–Crippen MR) is 290 cm³/mol. The first-order chi connectivity index (χ1) is 36.7. The van der Waals surface area contributed by atoms with Gasteiger partial charge < -0.3 is 50.2 Å². The monoisotopic (exact) mass is 1130 g/mol. The van der Waals surface area contributed by atoms with Crippen molar-refractivity contribution in [1.82, 2.24) is 9.55 Å². The standard InChI is InChI=1S/C54H93N3O18P2/c1-4-5-22-28-41(58)32-33-43-45(59)36-46(60)44-29-24-20-21-25-30-49(61)70-37-42(73-50(62)31-26-19-17-15-13-11-9-7-6-8-10-12-14-16-18-23-27-40(2)3)38-71-76(66,67)75-77(68,69)72-39-47(52(64)51(43)63)74-53(44)57-35-34-48(55)56-54(57)65/h20,24,32-35,40-45,47,51-53,58-59,63-64H,4-19,21-23,25-31,36-39H2,1-3H3,(H,66,67)(H,68,69)(H2,55,56,65)/b24-20-,33-32?/t41-,42+,43-,44-,45+,47+,51-,52+,53+/m0/s1. The minimum absolute atomic E-state index is 0.000730. The molecule has 0 amide bonds. The van der Waals surface area contributed by atoms with Gasteiger partial charge in [-0.25, -0.2) is 13.9 Å². The molecule has 0 radical (unpaired) electrons. The van der Waals surface area contributed by atoms with E-state index in [4.69, 9.17) is 29.0 Å². The number of Topliss-reactive ketones (excluding diaryl/α,β-unsaturated/α-hetero) is 1. The lowest BCUT2D eigenvalue weighted by atomic mass is 9.83. The van der Waals surface area contributed by atoms with Gasteiger partial charge in [-0.2, -0.15) is 9.29 Å². The highest BCUT2D eigenvalue weighted by atomic mass is 31.3. The fourth-order valence-electron chi connectivity index (χ4n) is 9.31. The number of rotatable bonds is 27. The van der Waals surface area contributed by atoms with E-state index in [1.807, 2.05) is 6.92 Å². The average Bonchev–Trinajstić information content (AvgIpc) is 3.36. The van der Waals surface area contributed by atoms with E-state index in [1.165, 1.54) is 95.3 Å². The van der Waals surface area contributed by atoms with E-state index < -0.39 is 120 Å². The molecule has 3 rings (SSSR count). The molecule has 2 bridgehead atoms. The Morgan fingerprint density at radius 1 is 0.818 bits per heavy atom. The SMILES string of the molecule is CCCCC[C@H](O)C=C[C@@H]1[C@H](O)[C@H](O)[C@H]2COP(=O)(O)OP(=O)(O)OC[C@H](OC(=O)CCCCCCCCCCCCCCCCCCC(C)C)COC(=O)CCC/C=C\C[C@@H](C(=O)C[C@H]1O)[C@H](n1ccc(N)nc1=O)O2.